The van der Waals surface area contributed by atoms with Crippen molar-refractivity contribution in [2.45, 2.75) is 11.4 Å². The Morgan fingerprint density at radius 2 is 2.24 bits per heavy atom. The Morgan fingerprint density at radius 1 is 1.35 bits per heavy atom. The van der Waals surface area contributed by atoms with Gasteiger partial charge in [-0.3, -0.25) is 4.79 Å². The number of amides is 1. The van der Waals surface area contributed by atoms with Gasteiger partial charge >= 0.3 is 0 Å². The number of nitrogens with zero attached hydrogens (tertiary/aromatic N) is 2. The summed E-state index contributed by atoms with van der Waals surface area (Å²) in [5.74, 6) is 0.673. The van der Waals surface area contributed by atoms with E-state index in [0.717, 1.165) is 10.7 Å². The van der Waals surface area contributed by atoms with Gasteiger partial charge in [0.2, 0.25) is 5.91 Å². The van der Waals surface area contributed by atoms with Crippen LogP contribution in [0.4, 0.5) is 5.69 Å². The minimum Gasteiger partial charge on any atom is -0.304 e. The average molecular weight is 262 g/mol. The maximum atomic E-state index is 12.0. The molecule has 0 unspecified atom stereocenters. The molecule has 0 bridgehead atoms. The van der Waals surface area contributed by atoms with E-state index >= 15 is 0 Å². The highest BCUT2D eigenvalue weighted by molar-refractivity contribution is 8.00. The zero-order chi connectivity index (χ0) is 11.7. The van der Waals surface area contributed by atoms with Crippen LogP contribution < -0.4 is 4.90 Å². The van der Waals surface area contributed by atoms with Crippen molar-refractivity contribution in [3.63, 3.8) is 0 Å². The second-order valence-corrected chi connectivity index (χ2v) is 5.66. The largest absolute Gasteiger partial charge is 0.304 e. The van der Waals surface area contributed by atoms with Gasteiger partial charge in [0.25, 0.3) is 0 Å². The third kappa shape index (κ3) is 2.08. The lowest BCUT2D eigenvalue weighted by Gasteiger charge is -2.28. The van der Waals surface area contributed by atoms with E-state index in [9.17, 15) is 4.79 Å². The van der Waals surface area contributed by atoms with Crippen molar-refractivity contribution < 1.29 is 4.79 Å². The van der Waals surface area contributed by atoms with E-state index in [1.807, 2.05) is 28.5 Å². The number of fused-ring (bicyclic) bond motifs is 1. The number of benzene rings is 1. The predicted molar refractivity (Wildman–Crippen MR) is 70.5 cm³/mol. The molecule has 0 radical (unpaired) electrons. The summed E-state index contributed by atoms with van der Waals surface area (Å²) in [6.07, 6.45) is 1.77. The normalized spacial score (nSPS) is 14.8. The number of thioether (sulfide) groups is 1. The highest BCUT2D eigenvalue weighted by Crippen LogP contribution is 2.35. The minimum atomic E-state index is 0.156. The van der Waals surface area contributed by atoms with Crippen molar-refractivity contribution in [1.29, 1.82) is 0 Å². The maximum Gasteiger partial charge on any atom is 0.237 e. The number of anilines is 1. The van der Waals surface area contributed by atoms with E-state index in [-0.39, 0.29) is 5.91 Å². The first-order valence-electron chi connectivity index (χ1n) is 5.25. The zero-order valence-corrected chi connectivity index (χ0v) is 10.6. The molecule has 1 aromatic heterocycles. The van der Waals surface area contributed by atoms with Gasteiger partial charge < -0.3 is 4.90 Å². The molecule has 1 aromatic carbocycles. The van der Waals surface area contributed by atoms with Gasteiger partial charge in [0.1, 0.15) is 5.01 Å². The fraction of sp³-hybridized carbons (Fsp3) is 0.167. The Bertz CT molecular complexity index is 539. The Labute approximate surface area is 107 Å². The lowest BCUT2D eigenvalue weighted by Crippen LogP contribution is -2.34. The lowest BCUT2D eigenvalue weighted by atomic mass is 10.2. The van der Waals surface area contributed by atoms with Crippen LogP contribution in [0.1, 0.15) is 5.01 Å². The lowest BCUT2D eigenvalue weighted by molar-refractivity contribution is -0.116. The Kier molecular flexibility index (Phi) is 2.86. The number of hydrogen-bond donors (Lipinski definition) is 0. The number of rotatable bonds is 2. The molecule has 0 saturated carbocycles. The van der Waals surface area contributed by atoms with Crippen LogP contribution in [-0.2, 0) is 11.3 Å². The third-order valence-electron chi connectivity index (χ3n) is 2.59. The molecule has 2 heterocycles. The number of hydrogen-bond acceptors (Lipinski definition) is 4. The quantitative estimate of drug-likeness (QED) is 0.834. The molecule has 0 saturated heterocycles. The van der Waals surface area contributed by atoms with E-state index in [1.54, 1.807) is 29.3 Å². The van der Waals surface area contributed by atoms with Crippen LogP contribution in [0.3, 0.4) is 0 Å². The first-order chi connectivity index (χ1) is 8.34. The smallest absolute Gasteiger partial charge is 0.237 e. The van der Waals surface area contributed by atoms with Crippen LogP contribution in [0.15, 0.2) is 40.7 Å². The van der Waals surface area contributed by atoms with Crippen molar-refractivity contribution in [3.8, 4) is 0 Å². The Hall–Kier alpha value is -1.33. The van der Waals surface area contributed by atoms with Gasteiger partial charge in [0.15, 0.2) is 0 Å². The second-order valence-electron chi connectivity index (χ2n) is 3.66. The molecule has 86 valence electrons. The molecule has 3 rings (SSSR count). The molecule has 1 amide bonds. The van der Waals surface area contributed by atoms with Crippen LogP contribution >= 0.6 is 23.1 Å². The molecule has 0 aliphatic carbocycles. The number of carbonyl (C=O) groups excluding carboxylic acids is 1. The van der Waals surface area contributed by atoms with E-state index in [1.165, 1.54) is 4.90 Å². The van der Waals surface area contributed by atoms with Crippen LogP contribution in [0, 0.1) is 0 Å². The molecule has 0 atom stereocenters. The molecule has 1 aliphatic rings. The minimum absolute atomic E-state index is 0.156. The molecule has 1 aliphatic heterocycles. The molecule has 0 fully saturated rings. The van der Waals surface area contributed by atoms with Crippen LogP contribution in [0.2, 0.25) is 0 Å². The summed E-state index contributed by atoms with van der Waals surface area (Å²) in [6, 6.07) is 8.02. The summed E-state index contributed by atoms with van der Waals surface area (Å²) in [5, 5.41) is 2.91. The van der Waals surface area contributed by atoms with Gasteiger partial charge in [-0.25, -0.2) is 4.98 Å². The topological polar surface area (TPSA) is 33.2 Å². The van der Waals surface area contributed by atoms with Gasteiger partial charge in [-0.05, 0) is 12.1 Å². The van der Waals surface area contributed by atoms with E-state index < -0.39 is 0 Å². The Balaban J connectivity index is 1.95. The fourth-order valence-corrected chi connectivity index (χ4v) is 3.33. The number of para-hydroxylation sites is 1. The molecular weight excluding hydrogens is 252 g/mol. The van der Waals surface area contributed by atoms with Crippen molar-refractivity contribution in [2.24, 2.45) is 0 Å². The van der Waals surface area contributed by atoms with E-state index in [0.29, 0.717) is 12.3 Å². The van der Waals surface area contributed by atoms with Gasteiger partial charge in [-0.1, -0.05) is 12.1 Å². The number of thiazole rings is 1. The first-order valence-corrected chi connectivity index (χ1v) is 7.12. The highest BCUT2D eigenvalue weighted by atomic mass is 32.2. The summed E-state index contributed by atoms with van der Waals surface area (Å²) in [4.78, 5) is 19.2. The molecule has 0 spiro atoms. The average Bonchev–Trinajstić information content (AvgIpc) is 2.86. The van der Waals surface area contributed by atoms with Crippen molar-refractivity contribution >= 4 is 34.7 Å². The molecular formula is C12H10N2OS2. The predicted octanol–water partition coefficient (Wildman–Crippen LogP) is 2.78. The standard InChI is InChI=1S/C12H10N2OS2/c15-12-8-17-10-4-2-1-3-9(10)14(12)7-11-13-5-6-16-11/h1-6H,7-8H2. The summed E-state index contributed by atoms with van der Waals surface area (Å²) in [6.45, 7) is 0.577. The van der Waals surface area contributed by atoms with Gasteiger partial charge in [-0.15, -0.1) is 23.1 Å². The fourth-order valence-electron chi connectivity index (χ4n) is 1.79. The summed E-state index contributed by atoms with van der Waals surface area (Å²) >= 11 is 3.19. The molecule has 5 heteroatoms. The highest BCUT2D eigenvalue weighted by Gasteiger charge is 2.24. The van der Waals surface area contributed by atoms with E-state index in [2.05, 4.69) is 11.1 Å². The molecule has 17 heavy (non-hydrogen) atoms. The summed E-state index contributed by atoms with van der Waals surface area (Å²) in [5.41, 5.74) is 1.00. The monoisotopic (exact) mass is 262 g/mol. The van der Waals surface area contributed by atoms with Crippen LogP contribution in [0.25, 0.3) is 0 Å². The van der Waals surface area contributed by atoms with Crippen LogP contribution in [0.5, 0.6) is 0 Å². The van der Waals surface area contributed by atoms with Crippen molar-refractivity contribution in [2.75, 3.05) is 10.7 Å². The van der Waals surface area contributed by atoms with Crippen LogP contribution in [-0.4, -0.2) is 16.6 Å². The summed E-state index contributed by atoms with van der Waals surface area (Å²) in [7, 11) is 0. The molecule has 2 aromatic rings. The maximum absolute atomic E-state index is 12.0. The van der Waals surface area contributed by atoms with Crippen molar-refractivity contribution in [3.05, 3.63) is 40.8 Å². The van der Waals surface area contributed by atoms with Gasteiger partial charge in [-0.2, -0.15) is 0 Å². The molecule has 0 N–H and O–H groups in total. The van der Waals surface area contributed by atoms with Gasteiger partial charge in [0.05, 0.1) is 18.0 Å². The molecule has 3 nitrogen and oxygen atoms in total. The van der Waals surface area contributed by atoms with Crippen molar-refractivity contribution in [1.82, 2.24) is 4.98 Å². The van der Waals surface area contributed by atoms with Gasteiger partial charge in [0, 0.05) is 16.5 Å². The summed E-state index contributed by atoms with van der Waals surface area (Å²) < 4.78 is 0. The second kappa shape index (κ2) is 4.50. The SMILES string of the molecule is O=C1CSc2ccccc2N1Cc1nccs1. The zero-order valence-electron chi connectivity index (χ0n) is 9.00. The first kappa shape index (κ1) is 10.8. The number of aromatic nitrogens is 1. The van der Waals surface area contributed by atoms with E-state index in [4.69, 9.17) is 0 Å². The Morgan fingerprint density at radius 3 is 3.06 bits per heavy atom. The third-order valence-corrected chi connectivity index (χ3v) is 4.40. The number of carbonyl (C=O) groups is 1.